The molecule has 0 bridgehead atoms. The molecular formula is C15H25Cl. The Labute approximate surface area is 106 Å². The molecule has 1 aromatic rings. The lowest BCUT2D eigenvalue weighted by Gasteiger charge is -2.01. The van der Waals surface area contributed by atoms with Gasteiger partial charge in [0.1, 0.15) is 0 Å². The molecule has 1 rings (SSSR count). The van der Waals surface area contributed by atoms with E-state index in [9.17, 15) is 0 Å². The molecule has 1 aromatic carbocycles. The average Bonchev–Trinajstić information content (AvgIpc) is 2.34. The van der Waals surface area contributed by atoms with Crippen LogP contribution in [0, 0.1) is 6.92 Å². The monoisotopic (exact) mass is 240 g/mol. The van der Waals surface area contributed by atoms with Gasteiger partial charge in [-0.3, -0.25) is 0 Å². The molecule has 0 unspecified atom stereocenters. The normalized spacial score (nSPS) is 9.50. The van der Waals surface area contributed by atoms with Gasteiger partial charge < -0.3 is 0 Å². The Morgan fingerprint density at radius 2 is 1.44 bits per heavy atom. The zero-order chi connectivity index (χ0) is 12.2. The first kappa shape index (κ1) is 15.5. The Kier molecular flexibility index (Phi) is 10.7. The number of aryl methyl sites for hydroxylation is 2. The van der Waals surface area contributed by atoms with E-state index in [1.165, 1.54) is 36.8 Å². The van der Waals surface area contributed by atoms with E-state index < -0.39 is 0 Å². The van der Waals surface area contributed by atoms with Crippen molar-refractivity contribution in [1.82, 2.24) is 0 Å². The van der Waals surface area contributed by atoms with E-state index in [4.69, 9.17) is 11.6 Å². The fourth-order valence-corrected chi connectivity index (χ4v) is 1.72. The fraction of sp³-hybridized carbons (Fsp3) is 0.600. The lowest BCUT2D eigenvalue weighted by atomic mass is 10.1. The lowest BCUT2D eigenvalue weighted by Crippen LogP contribution is -1.86. The van der Waals surface area contributed by atoms with E-state index in [2.05, 4.69) is 31.2 Å². The maximum Gasteiger partial charge on any atom is 0.0223 e. The molecule has 0 saturated heterocycles. The van der Waals surface area contributed by atoms with Crippen molar-refractivity contribution in [2.24, 2.45) is 0 Å². The van der Waals surface area contributed by atoms with Gasteiger partial charge >= 0.3 is 0 Å². The summed E-state index contributed by atoms with van der Waals surface area (Å²) in [7, 11) is 0. The van der Waals surface area contributed by atoms with Crippen molar-refractivity contribution < 1.29 is 0 Å². The number of benzene rings is 1. The standard InChI is InChI=1S/C13H19Cl.C2H6/c1-12-7-9-13(10-8-12)6-4-2-3-5-11-14;1-2/h7-10H,2-6,11H2,1H3;1-2H3. The SMILES string of the molecule is CC.Cc1ccc(CCCCCCCl)cc1. The molecule has 0 fully saturated rings. The van der Waals surface area contributed by atoms with Crippen molar-refractivity contribution in [3.05, 3.63) is 35.4 Å². The fourth-order valence-electron chi connectivity index (χ4n) is 1.53. The van der Waals surface area contributed by atoms with Gasteiger partial charge in [0.05, 0.1) is 0 Å². The van der Waals surface area contributed by atoms with Gasteiger partial charge in [-0.25, -0.2) is 0 Å². The maximum absolute atomic E-state index is 5.61. The van der Waals surface area contributed by atoms with Crippen molar-refractivity contribution in [2.75, 3.05) is 5.88 Å². The third-order valence-corrected chi connectivity index (χ3v) is 2.74. The number of alkyl halides is 1. The van der Waals surface area contributed by atoms with Crippen LogP contribution in [-0.4, -0.2) is 5.88 Å². The van der Waals surface area contributed by atoms with Crippen LogP contribution in [0.1, 0.15) is 50.7 Å². The minimum Gasteiger partial charge on any atom is -0.127 e. The average molecular weight is 241 g/mol. The van der Waals surface area contributed by atoms with E-state index in [0.717, 1.165) is 12.3 Å². The van der Waals surface area contributed by atoms with E-state index in [1.807, 2.05) is 13.8 Å². The molecule has 0 spiro atoms. The highest BCUT2D eigenvalue weighted by molar-refractivity contribution is 6.17. The Balaban J connectivity index is 0.00000106. The Morgan fingerprint density at radius 1 is 0.875 bits per heavy atom. The molecule has 0 amide bonds. The summed E-state index contributed by atoms with van der Waals surface area (Å²) in [6.45, 7) is 6.13. The van der Waals surface area contributed by atoms with Gasteiger partial charge in [0.25, 0.3) is 0 Å². The smallest absolute Gasteiger partial charge is 0.0223 e. The van der Waals surface area contributed by atoms with E-state index in [0.29, 0.717) is 0 Å². The van der Waals surface area contributed by atoms with Crippen LogP contribution in [0.4, 0.5) is 0 Å². The summed E-state index contributed by atoms with van der Waals surface area (Å²) in [6.07, 6.45) is 6.24. The summed E-state index contributed by atoms with van der Waals surface area (Å²) in [4.78, 5) is 0. The van der Waals surface area contributed by atoms with Crippen LogP contribution in [0.3, 0.4) is 0 Å². The second-order valence-electron chi connectivity index (χ2n) is 3.84. The van der Waals surface area contributed by atoms with Crippen LogP contribution in [0.15, 0.2) is 24.3 Å². The molecule has 0 nitrogen and oxygen atoms in total. The molecule has 0 aliphatic heterocycles. The molecule has 0 heterocycles. The summed E-state index contributed by atoms with van der Waals surface area (Å²) < 4.78 is 0. The van der Waals surface area contributed by atoms with Crippen molar-refractivity contribution in [1.29, 1.82) is 0 Å². The zero-order valence-corrected chi connectivity index (χ0v) is 11.7. The summed E-state index contributed by atoms with van der Waals surface area (Å²) in [6, 6.07) is 8.84. The molecule has 1 heteroatoms. The van der Waals surface area contributed by atoms with Gasteiger partial charge in [0, 0.05) is 5.88 Å². The van der Waals surface area contributed by atoms with Crippen molar-refractivity contribution in [3.8, 4) is 0 Å². The molecule has 92 valence electrons. The van der Waals surface area contributed by atoms with Gasteiger partial charge in [-0.2, -0.15) is 0 Å². The first-order valence-electron chi connectivity index (χ1n) is 6.44. The number of halogens is 1. The summed E-state index contributed by atoms with van der Waals surface area (Å²) in [5, 5.41) is 0. The van der Waals surface area contributed by atoms with Gasteiger partial charge in [-0.15, -0.1) is 11.6 Å². The first-order valence-corrected chi connectivity index (χ1v) is 6.98. The molecule has 0 saturated carbocycles. The number of hydrogen-bond donors (Lipinski definition) is 0. The highest BCUT2D eigenvalue weighted by Gasteiger charge is 1.93. The number of rotatable bonds is 6. The van der Waals surface area contributed by atoms with E-state index in [-0.39, 0.29) is 0 Å². The Morgan fingerprint density at radius 3 is 2.00 bits per heavy atom. The molecule has 16 heavy (non-hydrogen) atoms. The minimum atomic E-state index is 0.810. The molecule has 0 N–H and O–H groups in total. The van der Waals surface area contributed by atoms with Crippen molar-refractivity contribution >= 4 is 11.6 Å². The minimum absolute atomic E-state index is 0.810. The van der Waals surface area contributed by atoms with Gasteiger partial charge in [-0.05, 0) is 31.7 Å². The summed E-state index contributed by atoms with van der Waals surface area (Å²) in [5.74, 6) is 0.810. The highest BCUT2D eigenvalue weighted by atomic mass is 35.5. The number of hydrogen-bond acceptors (Lipinski definition) is 0. The summed E-state index contributed by atoms with van der Waals surface area (Å²) in [5.41, 5.74) is 2.80. The maximum atomic E-state index is 5.61. The largest absolute Gasteiger partial charge is 0.127 e. The second-order valence-corrected chi connectivity index (χ2v) is 4.22. The molecular weight excluding hydrogens is 216 g/mol. The summed E-state index contributed by atoms with van der Waals surface area (Å²) >= 11 is 5.61. The van der Waals surface area contributed by atoms with Crippen LogP contribution in [-0.2, 0) is 6.42 Å². The highest BCUT2D eigenvalue weighted by Crippen LogP contribution is 2.09. The van der Waals surface area contributed by atoms with Crippen LogP contribution in [0.5, 0.6) is 0 Å². The Bertz CT molecular complexity index is 238. The lowest BCUT2D eigenvalue weighted by molar-refractivity contribution is 0.669. The molecule has 0 aromatic heterocycles. The Hall–Kier alpha value is -0.490. The molecule has 0 aliphatic carbocycles. The van der Waals surface area contributed by atoms with Gasteiger partial charge in [0.15, 0.2) is 0 Å². The molecule has 0 radical (unpaired) electrons. The van der Waals surface area contributed by atoms with E-state index >= 15 is 0 Å². The predicted octanol–water partition coefficient (Wildman–Crippen LogP) is 5.36. The predicted molar refractivity (Wildman–Crippen MR) is 75.4 cm³/mol. The van der Waals surface area contributed by atoms with Crippen LogP contribution >= 0.6 is 11.6 Å². The van der Waals surface area contributed by atoms with Gasteiger partial charge in [0.2, 0.25) is 0 Å². The topological polar surface area (TPSA) is 0 Å². The van der Waals surface area contributed by atoms with Crippen molar-refractivity contribution in [3.63, 3.8) is 0 Å². The second kappa shape index (κ2) is 11.0. The van der Waals surface area contributed by atoms with E-state index in [1.54, 1.807) is 0 Å². The van der Waals surface area contributed by atoms with Crippen LogP contribution in [0.25, 0.3) is 0 Å². The molecule has 0 atom stereocenters. The quantitative estimate of drug-likeness (QED) is 0.464. The molecule has 0 aliphatic rings. The first-order chi connectivity index (χ1) is 7.83. The van der Waals surface area contributed by atoms with Crippen molar-refractivity contribution in [2.45, 2.75) is 52.9 Å². The third kappa shape index (κ3) is 7.76. The number of unbranched alkanes of at least 4 members (excludes halogenated alkanes) is 3. The third-order valence-electron chi connectivity index (χ3n) is 2.47. The van der Waals surface area contributed by atoms with Crippen LogP contribution in [0.2, 0.25) is 0 Å². The van der Waals surface area contributed by atoms with Crippen LogP contribution < -0.4 is 0 Å². The van der Waals surface area contributed by atoms with Gasteiger partial charge in [-0.1, -0.05) is 56.5 Å². The zero-order valence-electron chi connectivity index (χ0n) is 10.9.